The molecular weight excluding hydrogens is 212 g/mol. The van der Waals surface area contributed by atoms with Gasteiger partial charge in [0.25, 0.3) is 0 Å². The summed E-state index contributed by atoms with van der Waals surface area (Å²) in [5, 5.41) is 19.5. The lowest BCUT2D eigenvalue weighted by Gasteiger charge is -2.41. The molecule has 1 rings (SSSR count). The van der Waals surface area contributed by atoms with Gasteiger partial charge in [0, 0.05) is 5.41 Å². The van der Waals surface area contributed by atoms with E-state index >= 15 is 0 Å². The van der Waals surface area contributed by atoms with Crippen LogP contribution < -0.4 is 0 Å². The molecule has 0 aromatic carbocycles. The van der Waals surface area contributed by atoms with Gasteiger partial charge in [-0.05, 0) is 31.1 Å². The minimum atomic E-state index is -0.205. The maximum atomic E-state index is 9.75. The van der Waals surface area contributed by atoms with E-state index in [4.69, 9.17) is 0 Å². The van der Waals surface area contributed by atoms with E-state index in [9.17, 15) is 10.2 Å². The van der Waals surface area contributed by atoms with E-state index in [1.807, 2.05) is 0 Å². The third-order valence-corrected chi connectivity index (χ3v) is 4.93. The average Bonchev–Trinajstić information content (AvgIpc) is 2.41. The molecule has 1 unspecified atom stereocenters. The van der Waals surface area contributed by atoms with Gasteiger partial charge in [0.05, 0.1) is 13.2 Å². The van der Waals surface area contributed by atoms with Gasteiger partial charge >= 0.3 is 0 Å². The molecule has 17 heavy (non-hydrogen) atoms. The maximum absolute atomic E-state index is 9.75. The van der Waals surface area contributed by atoms with E-state index in [1.165, 1.54) is 38.5 Å². The summed E-state index contributed by atoms with van der Waals surface area (Å²) < 4.78 is 0. The smallest absolute Gasteiger partial charge is 0.0512 e. The van der Waals surface area contributed by atoms with Crippen LogP contribution >= 0.6 is 0 Å². The lowest BCUT2D eigenvalue weighted by atomic mass is 9.66. The Morgan fingerprint density at radius 3 is 2.18 bits per heavy atom. The van der Waals surface area contributed by atoms with E-state index in [0.717, 1.165) is 12.8 Å². The minimum absolute atomic E-state index is 0.157. The molecule has 0 spiro atoms. The molecule has 1 atom stereocenters. The second-order valence-electron chi connectivity index (χ2n) is 6.07. The highest BCUT2D eigenvalue weighted by molar-refractivity contribution is 4.87. The van der Waals surface area contributed by atoms with E-state index < -0.39 is 0 Å². The lowest BCUT2D eigenvalue weighted by Crippen LogP contribution is -2.39. The van der Waals surface area contributed by atoms with Gasteiger partial charge in [-0.3, -0.25) is 0 Å². The monoisotopic (exact) mass is 242 g/mol. The van der Waals surface area contributed by atoms with Gasteiger partial charge in [-0.25, -0.2) is 0 Å². The molecule has 2 N–H and O–H groups in total. The van der Waals surface area contributed by atoms with Gasteiger partial charge in [-0.15, -0.1) is 0 Å². The molecule has 102 valence electrons. The Labute approximate surface area is 106 Å². The van der Waals surface area contributed by atoms with Gasteiger partial charge in [-0.1, -0.05) is 46.0 Å². The fraction of sp³-hybridized carbons (Fsp3) is 1.00. The standard InChI is InChI=1S/C15H30O2/c1-3-13(2)9-10-15(11-16,12-17)14-7-5-4-6-8-14/h13-14,16-17H,3-12H2,1-2H3. The van der Waals surface area contributed by atoms with Crippen LogP contribution in [0.15, 0.2) is 0 Å². The maximum Gasteiger partial charge on any atom is 0.0512 e. The van der Waals surface area contributed by atoms with E-state index in [2.05, 4.69) is 13.8 Å². The molecule has 0 saturated heterocycles. The predicted octanol–water partition coefficient (Wildman–Crippen LogP) is 3.36. The van der Waals surface area contributed by atoms with Gasteiger partial charge in [0.1, 0.15) is 0 Å². The molecular formula is C15H30O2. The Morgan fingerprint density at radius 1 is 1.12 bits per heavy atom. The van der Waals surface area contributed by atoms with Gasteiger partial charge in [-0.2, -0.15) is 0 Å². The molecule has 0 bridgehead atoms. The van der Waals surface area contributed by atoms with Crippen molar-refractivity contribution in [2.24, 2.45) is 17.3 Å². The number of rotatable bonds is 7. The summed E-state index contributed by atoms with van der Waals surface area (Å²) in [7, 11) is 0. The van der Waals surface area contributed by atoms with Crippen LogP contribution in [0.1, 0.15) is 65.2 Å². The molecule has 0 radical (unpaired) electrons. The SMILES string of the molecule is CCC(C)CCC(CO)(CO)C1CCCCC1. The summed E-state index contributed by atoms with van der Waals surface area (Å²) >= 11 is 0. The molecule has 0 aliphatic heterocycles. The molecule has 0 amide bonds. The van der Waals surface area contributed by atoms with Crippen LogP contribution in [0.5, 0.6) is 0 Å². The molecule has 1 aliphatic rings. The summed E-state index contributed by atoms with van der Waals surface area (Å²) in [4.78, 5) is 0. The third kappa shape index (κ3) is 3.96. The van der Waals surface area contributed by atoms with Crippen molar-refractivity contribution in [2.45, 2.75) is 65.2 Å². The highest BCUT2D eigenvalue weighted by Gasteiger charge is 2.38. The molecule has 0 heterocycles. The molecule has 0 aromatic rings. The first-order chi connectivity index (χ1) is 8.18. The largest absolute Gasteiger partial charge is 0.396 e. The summed E-state index contributed by atoms with van der Waals surface area (Å²) in [6, 6.07) is 0. The van der Waals surface area contributed by atoms with Crippen LogP contribution in [0.3, 0.4) is 0 Å². The first-order valence-corrected chi connectivity index (χ1v) is 7.40. The van der Waals surface area contributed by atoms with Crippen LogP contribution in [0.2, 0.25) is 0 Å². The predicted molar refractivity (Wildman–Crippen MR) is 71.9 cm³/mol. The van der Waals surface area contributed by atoms with Crippen molar-refractivity contribution in [2.75, 3.05) is 13.2 Å². The molecule has 1 aliphatic carbocycles. The van der Waals surface area contributed by atoms with Crippen molar-refractivity contribution in [1.82, 2.24) is 0 Å². The number of hydrogen-bond donors (Lipinski definition) is 2. The quantitative estimate of drug-likeness (QED) is 0.718. The zero-order valence-electron chi connectivity index (χ0n) is 11.6. The molecule has 0 aromatic heterocycles. The molecule has 2 heteroatoms. The second-order valence-corrected chi connectivity index (χ2v) is 6.07. The van der Waals surface area contributed by atoms with Crippen LogP contribution in [0, 0.1) is 17.3 Å². The van der Waals surface area contributed by atoms with Crippen LogP contribution in [0.4, 0.5) is 0 Å². The van der Waals surface area contributed by atoms with E-state index in [0.29, 0.717) is 11.8 Å². The lowest BCUT2D eigenvalue weighted by molar-refractivity contribution is -0.0211. The van der Waals surface area contributed by atoms with Crippen molar-refractivity contribution in [3.05, 3.63) is 0 Å². The Bertz CT molecular complexity index is 193. The summed E-state index contributed by atoms with van der Waals surface area (Å²) in [5.41, 5.74) is -0.205. The molecule has 1 fully saturated rings. The summed E-state index contributed by atoms with van der Waals surface area (Å²) in [6.45, 7) is 4.79. The highest BCUT2D eigenvalue weighted by atomic mass is 16.3. The van der Waals surface area contributed by atoms with Crippen LogP contribution in [-0.2, 0) is 0 Å². The Kier molecular flexibility index (Phi) is 6.50. The first-order valence-electron chi connectivity index (χ1n) is 7.40. The van der Waals surface area contributed by atoms with Crippen LogP contribution in [0.25, 0.3) is 0 Å². The topological polar surface area (TPSA) is 40.5 Å². The summed E-state index contributed by atoms with van der Waals surface area (Å²) in [5.74, 6) is 1.24. The number of aliphatic hydroxyl groups excluding tert-OH is 2. The Hall–Kier alpha value is -0.0800. The van der Waals surface area contributed by atoms with Crippen molar-refractivity contribution in [3.8, 4) is 0 Å². The zero-order chi connectivity index (χ0) is 12.7. The number of aliphatic hydroxyl groups is 2. The van der Waals surface area contributed by atoms with E-state index in [-0.39, 0.29) is 18.6 Å². The Morgan fingerprint density at radius 2 is 1.71 bits per heavy atom. The van der Waals surface area contributed by atoms with Crippen molar-refractivity contribution in [3.63, 3.8) is 0 Å². The van der Waals surface area contributed by atoms with Crippen LogP contribution in [-0.4, -0.2) is 23.4 Å². The minimum Gasteiger partial charge on any atom is -0.396 e. The highest BCUT2D eigenvalue weighted by Crippen LogP contribution is 2.42. The zero-order valence-corrected chi connectivity index (χ0v) is 11.6. The fourth-order valence-electron chi connectivity index (χ4n) is 3.12. The number of hydrogen-bond acceptors (Lipinski definition) is 2. The summed E-state index contributed by atoms with van der Waals surface area (Å²) in [6.07, 6.45) is 9.58. The second kappa shape index (κ2) is 7.38. The van der Waals surface area contributed by atoms with Gasteiger partial charge in [0.2, 0.25) is 0 Å². The molecule has 1 saturated carbocycles. The van der Waals surface area contributed by atoms with Crippen molar-refractivity contribution < 1.29 is 10.2 Å². The van der Waals surface area contributed by atoms with E-state index in [1.54, 1.807) is 0 Å². The van der Waals surface area contributed by atoms with Crippen molar-refractivity contribution in [1.29, 1.82) is 0 Å². The van der Waals surface area contributed by atoms with Gasteiger partial charge < -0.3 is 10.2 Å². The van der Waals surface area contributed by atoms with Crippen molar-refractivity contribution >= 4 is 0 Å². The normalized spacial score (nSPS) is 20.5. The fourth-order valence-corrected chi connectivity index (χ4v) is 3.12. The molecule has 2 nitrogen and oxygen atoms in total. The average molecular weight is 242 g/mol. The first kappa shape index (κ1) is 15.0. The Balaban J connectivity index is 2.59. The van der Waals surface area contributed by atoms with Gasteiger partial charge in [0.15, 0.2) is 0 Å². The third-order valence-electron chi connectivity index (χ3n) is 4.93.